The summed E-state index contributed by atoms with van der Waals surface area (Å²) >= 11 is 9.75. The van der Waals surface area contributed by atoms with Crippen molar-refractivity contribution in [2.45, 2.75) is 30.6 Å². The zero-order valence-electron chi connectivity index (χ0n) is 7.11. The molecule has 0 saturated carbocycles. The average molecular weight is 297 g/mol. The Bertz CT molecular complexity index is 236. The van der Waals surface area contributed by atoms with Gasteiger partial charge in [-0.25, -0.2) is 8.78 Å². The fraction of sp³-hybridized carbons (Fsp3) is 1.00. The molecule has 0 fully saturated rings. The summed E-state index contributed by atoms with van der Waals surface area (Å²) in [6.45, 7) is -4.09. The van der Waals surface area contributed by atoms with Crippen molar-refractivity contribution in [3.8, 4) is 0 Å². The zero-order chi connectivity index (χ0) is 12.7. The number of alkyl halides is 7. The quantitative estimate of drug-likeness (QED) is 0.414. The third kappa shape index (κ3) is 2.36. The van der Waals surface area contributed by atoms with Gasteiger partial charge in [-0.2, -0.15) is 22.0 Å². The Morgan fingerprint density at radius 1 is 0.933 bits per heavy atom. The summed E-state index contributed by atoms with van der Waals surface area (Å²) in [6, 6.07) is -0.825. The highest BCUT2D eigenvalue weighted by Crippen LogP contribution is 2.53. The Balaban J connectivity index is 5.38. The molecule has 92 valence electrons. The van der Waals surface area contributed by atoms with Crippen molar-refractivity contribution in [1.82, 2.24) is 0 Å². The largest absolute Gasteiger partial charge is 0.459 e. The third-order valence-electron chi connectivity index (χ3n) is 1.65. The highest BCUT2D eigenvalue weighted by molar-refractivity contribution is 7.46. The van der Waals surface area contributed by atoms with Crippen molar-refractivity contribution in [3.05, 3.63) is 0 Å². The topological polar surface area (TPSA) is 0 Å². The second-order valence-electron chi connectivity index (χ2n) is 2.70. The first kappa shape index (κ1) is 15.3. The molecule has 0 unspecified atom stereocenters. The van der Waals surface area contributed by atoms with E-state index in [1.165, 1.54) is 0 Å². The minimum Gasteiger partial charge on any atom is -0.201 e. The highest BCUT2D eigenvalue weighted by Gasteiger charge is 2.79. The zero-order valence-corrected chi connectivity index (χ0v) is 9.62. The van der Waals surface area contributed by atoms with E-state index >= 15 is 0 Å². The molecule has 0 amide bonds. The summed E-state index contributed by atoms with van der Waals surface area (Å²) in [6.07, 6.45) is -6.38. The van der Waals surface area contributed by atoms with Gasteiger partial charge in [-0.3, -0.25) is 0 Å². The highest BCUT2D eigenvalue weighted by atomic mass is 35.7. The molecule has 0 aliphatic carbocycles. The average Bonchev–Trinajstić information content (AvgIpc) is 2.01. The summed E-state index contributed by atoms with van der Waals surface area (Å²) in [7, 11) is 0. The van der Waals surface area contributed by atoms with Gasteiger partial charge < -0.3 is 0 Å². The molecule has 0 atom stereocenters. The molecule has 0 aliphatic rings. The lowest BCUT2D eigenvalue weighted by atomic mass is 10.3. The molecule has 0 aromatic heterocycles. The van der Waals surface area contributed by atoms with E-state index < -0.39 is 30.4 Å². The van der Waals surface area contributed by atoms with Crippen molar-refractivity contribution in [3.63, 3.8) is 0 Å². The van der Waals surface area contributed by atoms with Crippen LogP contribution in [0.3, 0.4) is 0 Å². The maximum absolute atomic E-state index is 12.8. The van der Waals surface area contributed by atoms with Crippen molar-refractivity contribution in [2.24, 2.45) is 0 Å². The molecule has 0 aliphatic heterocycles. The van der Waals surface area contributed by atoms with Gasteiger partial charge in [0.05, 0.1) is 0 Å². The molecular weight excluding hydrogens is 292 g/mol. The van der Waals surface area contributed by atoms with Crippen LogP contribution in [0, 0.1) is 0 Å². The van der Waals surface area contributed by atoms with Crippen molar-refractivity contribution in [1.29, 1.82) is 0 Å². The second-order valence-corrected chi connectivity index (χ2v) is 9.90. The molecule has 0 nitrogen and oxygen atoms in total. The van der Waals surface area contributed by atoms with Gasteiger partial charge >= 0.3 is 24.3 Å². The third-order valence-corrected chi connectivity index (χ3v) is 6.80. The molecule has 0 saturated heterocycles. The molecule has 0 radical (unpaired) electrons. The van der Waals surface area contributed by atoms with Gasteiger partial charge in [0.15, 0.2) is 0 Å². The first-order valence-electron chi connectivity index (χ1n) is 3.51. The SMILES string of the molecule is CC[Si](Cl)(Cl)C(F)(F)C(F)(F)C(F)(F)F. The van der Waals surface area contributed by atoms with Gasteiger partial charge in [-0.05, 0) is 6.04 Å². The summed E-state index contributed by atoms with van der Waals surface area (Å²) < 4.78 is 85.4. The lowest BCUT2D eigenvalue weighted by molar-refractivity contribution is -0.334. The van der Waals surface area contributed by atoms with E-state index in [9.17, 15) is 30.7 Å². The van der Waals surface area contributed by atoms with Crippen LogP contribution in [0.5, 0.6) is 0 Å². The Labute approximate surface area is 90.8 Å². The number of hydrogen-bond acceptors (Lipinski definition) is 0. The van der Waals surface area contributed by atoms with E-state index in [1.807, 2.05) is 0 Å². The summed E-state index contributed by atoms with van der Waals surface area (Å²) in [5.74, 6) is -6.22. The van der Waals surface area contributed by atoms with Crippen LogP contribution in [0.2, 0.25) is 6.04 Å². The number of hydrogen-bond donors (Lipinski definition) is 0. The smallest absolute Gasteiger partial charge is 0.201 e. The van der Waals surface area contributed by atoms with E-state index in [4.69, 9.17) is 22.2 Å². The van der Waals surface area contributed by atoms with E-state index in [0.717, 1.165) is 6.92 Å². The minimum absolute atomic E-state index is 0.825. The van der Waals surface area contributed by atoms with Crippen LogP contribution < -0.4 is 0 Å². The first-order valence-corrected chi connectivity index (χ1v) is 7.74. The molecule has 0 heterocycles. The summed E-state index contributed by atoms with van der Waals surface area (Å²) in [5.41, 5.74) is -5.46. The lowest BCUT2D eigenvalue weighted by Crippen LogP contribution is -2.62. The first-order chi connectivity index (χ1) is 6.31. The van der Waals surface area contributed by atoms with Crippen LogP contribution in [-0.4, -0.2) is 24.3 Å². The molecule has 10 heteroatoms. The maximum atomic E-state index is 12.8. The van der Waals surface area contributed by atoms with E-state index in [0.29, 0.717) is 0 Å². The van der Waals surface area contributed by atoms with Crippen molar-refractivity contribution >= 4 is 28.9 Å². The van der Waals surface area contributed by atoms with Gasteiger partial charge in [-0.15, -0.1) is 22.2 Å². The van der Waals surface area contributed by atoms with Crippen molar-refractivity contribution in [2.75, 3.05) is 0 Å². The van der Waals surface area contributed by atoms with Crippen LogP contribution in [-0.2, 0) is 0 Å². The van der Waals surface area contributed by atoms with Crippen molar-refractivity contribution < 1.29 is 30.7 Å². The van der Waals surface area contributed by atoms with Gasteiger partial charge in [0, 0.05) is 0 Å². The molecule has 15 heavy (non-hydrogen) atoms. The Morgan fingerprint density at radius 3 is 1.47 bits per heavy atom. The number of halogens is 9. The molecule has 0 aromatic rings. The molecule has 0 aromatic carbocycles. The monoisotopic (exact) mass is 296 g/mol. The fourth-order valence-electron chi connectivity index (χ4n) is 0.630. The second kappa shape index (κ2) is 3.96. The lowest BCUT2D eigenvalue weighted by Gasteiger charge is -2.33. The van der Waals surface area contributed by atoms with Crippen LogP contribution >= 0.6 is 22.2 Å². The normalized spacial score (nSPS) is 15.6. The van der Waals surface area contributed by atoms with Gasteiger partial charge in [0.25, 0.3) is 0 Å². The van der Waals surface area contributed by atoms with Crippen LogP contribution in [0.1, 0.15) is 6.92 Å². The fourth-order valence-corrected chi connectivity index (χ4v) is 2.39. The molecule has 0 N–H and O–H groups in total. The van der Waals surface area contributed by atoms with Gasteiger partial charge in [-0.1, -0.05) is 6.92 Å². The van der Waals surface area contributed by atoms with Gasteiger partial charge in [0.2, 0.25) is 0 Å². The van der Waals surface area contributed by atoms with Crippen LogP contribution in [0.25, 0.3) is 0 Å². The van der Waals surface area contributed by atoms with Crippen LogP contribution in [0.15, 0.2) is 0 Å². The summed E-state index contributed by atoms with van der Waals surface area (Å²) in [5, 5.41) is 0. The Kier molecular flexibility index (Phi) is 4.04. The molecule has 0 spiro atoms. The summed E-state index contributed by atoms with van der Waals surface area (Å²) in [4.78, 5) is 0. The predicted molar refractivity (Wildman–Crippen MR) is 43.9 cm³/mol. The molecule has 0 rings (SSSR count). The standard InChI is InChI=1S/C5H5Cl2F7Si/c1-2-15(6,7)5(13,14)3(8,9)4(10,11)12/h2H2,1H3. The predicted octanol–water partition coefficient (Wildman–Crippen LogP) is 4.30. The van der Waals surface area contributed by atoms with Crippen LogP contribution in [0.4, 0.5) is 30.7 Å². The molecular formula is C5H5Cl2F7Si. The maximum Gasteiger partial charge on any atom is 0.459 e. The Hall–Kier alpha value is 0.307. The Morgan fingerprint density at radius 2 is 1.27 bits per heavy atom. The van der Waals surface area contributed by atoms with E-state index in [-0.39, 0.29) is 0 Å². The van der Waals surface area contributed by atoms with Gasteiger partial charge in [0.1, 0.15) is 0 Å². The van der Waals surface area contributed by atoms with E-state index in [1.54, 1.807) is 0 Å². The van der Waals surface area contributed by atoms with E-state index in [2.05, 4.69) is 0 Å². The number of rotatable bonds is 3. The molecule has 0 bridgehead atoms. The minimum atomic E-state index is -6.38.